The molecule has 1 unspecified atom stereocenters. The van der Waals surface area contributed by atoms with Crippen LogP contribution in [-0.4, -0.2) is 25.7 Å². The summed E-state index contributed by atoms with van der Waals surface area (Å²) in [5, 5.41) is 2.82. The summed E-state index contributed by atoms with van der Waals surface area (Å²) in [6.45, 7) is 3.99. The van der Waals surface area contributed by atoms with Gasteiger partial charge in [0.1, 0.15) is 0 Å². The number of carbonyl (C=O) groups excluding carboxylic acids is 1. The lowest BCUT2D eigenvalue weighted by Gasteiger charge is -2.12. The Morgan fingerprint density at radius 2 is 2.00 bits per heavy atom. The van der Waals surface area contributed by atoms with Gasteiger partial charge < -0.3 is 15.8 Å². The average Bonchev–Trinajstić information content (AvgIpc) is 2.43. The lowest BCUT2D eigenvalue weighted by Crippen LogP contribution is -2.30. The standard InChI is InChI=1S/C15H24N2O2.ClH/c1-2-3-10-19-11-9-17-15(18)12-14(16)13-7-5-4-6-8-13;/h4-8,14H,2-3,9-12,16H2,1H3,(H,17,18);1H. The SMILES string of the molecule is CCCCOCCNC(=O)CC(N)c1ccccc1.Cl. The van der Waals surface area contributed by atoms with E-state index in [-0.39, 0.29) is 24.4 Å². The molecule has 0 heterocycles. The number of benzene rings is 1. The first kappa shape index (κ1) is 18.9. The molecule has 5 heteroatoms. The third-order valence-electron chi connectivity index (χ3n) is 2.84. The van der Waals surface area contributed by atoms with E-state index in [1.165, 1.54) is 0 Å². The lowest BCUT2D eigenvalue weighted by atomic mass is 10.0. The molecule has 0 radical (unpaired) electrons. The summed E-state index contributed by atoms with van der Waals surface area (Å²) < 4.78 is 5.37. The molecule has 0 bridgehead atoms. The minimum Gasteiger partial charge on any atom is -0.380 e. The molecule has 0 saturated heterocycles. The fourth-order valence-electron chi connectivity index (χ4n) is 1.70. The minimum absolute atomic E-state index is 0. The summed E-state index contributed by atoms with van der Waals surface area (Å²) in [5.41, 5.74) is 6.96. The van der Waals surface area contributed by atoms with Crippen LogP contribution < -0.4 is 11.1 Å². The van der Waals surface area contributed by atoms with Gasteiger partial charge in [-0.05, 0) is 12.0 Å². The Kier molecular flexibility index (Phi) is 11.1. The highest BCUT2D eigenvalue weighted by atomic mass is 35.5. The Hall–Kier alpha value is -1.10. The summed E-state index contributed by atoms with van der Waals surface area (Å²) in [5.74, 6) is -0.0320. The molecule has 1 atom stereocenters. The van der Waals surface area contributed by atoms with E-state index in [4.69, 9.17) is 10.5 Å². The Morgan fingerprint density at radius 1 is 1.30 bits per heavy atom. The average molecular weight is 301 g/mol. The van der Waals surface area contributed by atoms with Crippen LogP contribution in [0.4, 0.5) is 0 Å². The van der Waals surface area contributed by atoms with Crippen molar-refractivity contribution < 1.29 is 9.53 Å². The van der Waals surface area contributed by atoms with Crippen molar-refractivity contribution in [3.8, 4) is 0 Å². The van der Waals surface area contributed by atoms with E-state index in [0.717, 1.165) is 25.0 Å². The maximum Gasteiger partial charge on any atom is 0.221 e. The molecule has 0 saturated carbocycles. The van der Waals surface area contributed by atoms with Gasteiger partial charge in [-0.25, -0.2) is 0 Å². The van der Waals surface area contributed by atoms with E-state index in [9.17, 15) is 4.79 Å². The minimum atomic E-state index is -0.248. The number of hydrogen-bond donors (Lipinski definition) is 2. The number of unbranched alkanes of at least 4 members (excludes halogenated alkanes) is 1. The largest absolute Gasteiger partial charge is 0.380 e. The Bertz CT molecular complexity index is 360. The first-order valence-electron chi connectivity index (χ1n) is 6.89. The Labute approximate surface area is 127 Å². The first-order valence-corrected chi connectivity index (χ1v) is 6.89. The van der Waals surface area contributed by atoms with Gasteiger partial charge in [-0.2, -0.15) is 0 Å². The maximum atomic E-state index is 11.7. The summed E-state index contributed by atoms with van der Waals surface area (Å²) >= 11 is 0. The number of ether oxygens (including phenoxy) is 1. The van der Waals surface area contributed by atoms with Gasteiger partial charge in [-0.1, -0.05) is 43.7 Å². The molecule has 4 nitrogen and oxygen atoms in total. The number of nitrogens with one attached hydrogen (secondary N) is 1. The second-order valence-electron chi connectivity index (χ2n) is 4.54. The van der Waals surface area contributed by atoms with Crippen molar-refractivity contribution in [1.82, 2.24) is 5.32 Å². The van der Waals surface area contributed by atoms with Gasteiger partial charge in [-0.3, -0.25) is 4.79 Å². The number of carbonyl (C=O) groups is 1. The summed E-state index contributed by atoms with van der Waals surface area (Å²) in [6, 6.07) is 9.41. The molecular weight excluding hydrogens is 276 g/mol. The topological polar surface area (TPSA) is 64.3 Å². The molecule has 0 spiro atoms. The lowest BCUT2D eigenvalue weighted by molar-refractivity contribution is -0.121. The molecule has 0 fully saturated rings. The zero-order chi connectivity index (χ0) is 13.9. The van der Waals surface area contributed by atoms with Gasteiger partial charge in [0.25, 0.3) is 0 Å². The molecule has 114 valence electrons. The molecular formula is C15H25ClN2O2. The van der Waals surface area contributed by atoms with E-state index in [0.29, 0.717) is 19.6 Å². The predicted octanol–water partition coefficient (Wildman–Crippen LogP) is 2.43. The van der Waals surface area contributed by atoms with Gasteiger partial charge in [0.05, 0.1) is 6.61 Å². The van der Waals surface area contributed by atoms with Crippen LogP contribution in [0.1, 0.15) is 37.8 Å². The summed E-state index contributed by atoms with van der Waals surface area (Å²) in [7, 11) is 0. The Morgan fingerprint density at radius 3 is 2.65 bits per heavy atom. The van der Waals surface area contributed by atoms with Crippen LogP contribution in [0.15, 0.2) is 30.3 Å². The van der Waals surface area contributed by atoms with E-state index in [1.807, 2.05) is 30.3 Å². The van der Waals surface area contributed by atoms with E-state index < -0.39 is 0 Å². The van der Waals surface area contributed by atoms with Crippen molar-refractivity contribution in [1.29, 1.82) is 0 Å². The van der Waals surface area contributed by atoms with Crippen LogP contribution in [0, 0.1) is 0 Å². The molecule has 1 rings (SSSR count). The molecule has 3 N–H and O–H groups in total. The van der Waals surface area contributed by atoms with Crippen LogP contribution in [0.3, 0.4) is 0 Å². The molecule has 0 aliphatic rings. The van der Waals surface area contributed by atoms with Crippen molar-refractivity contribution in [2.75, 3.05) is 19.8 Å². The highest BCUT2D eigenvalue weighted by Gasteiger charge is 2.10. The molecule has 20 heavy (non-hydrogen) atoms. The maximum absolute atomic E-state index is 11.7. The van der Waals surface area contributed by atoms with E-state index in [2.05, 4.69) is 12.2 Å². The fourth-order valence-corrected chi connectivity index (χ4v) is 1.70. The monoisotopic (exact) mass is 300 g/mol. The Balaban J connectivity index is 0.00000361. The van der Waals surface area contributed by atoms with Crippen molar-refractivity contribution >= 4 is 18.3 Å². The third-order valence-corrected chi connectivity index (χ3v) is 2.84. The van der Waals surface area contributed by atoms with E-state index in [1.54, 1.807) is 0 Å². The van der Waals surface area contributed by atoms with Crippen LogP contribution in [0.2, 0.25) is 0 Å². The zero-order valence-corrected chi connectivity index (χ0v) is 12.8. The normalized spacial score (nSPS) is 11.5. The predicted molar refractivity (Wildman–Crippen MR) is 84.0 cm³/mol. The molecule has 0 aliphatic heterocycles. The third kappa shape index (κ3) is 8.15. The number of hydrogen-bond acceptors (Lipinski definition) is 3. The zero-order valence-electron chi connectivity index (χ0n) is 12.0. The quantitative estimate of drug-likeness (QED) is 0.689. The van der Waals surface area contributed by atoms with Crippen LogP contribution in [0.5, 0.6) is 0 Å². The van der Waals surface area contributed by atoms with Crippen molar-refractivity contribution in [3.63, 3.8) is 0 Å². The van der Waals surface area contributed by atoms with Crippen LogP contribution in [-0.2, 0) is 9.53 Å². The molecule has 1 aromatic carbocycles. The van der Waals surface area contributed by atoms with E-state index >= 15 is 0 Å². The van der Waals surface area contributed by atoms with Crippen molar-refractivity contribution in [2.24, 2.45) is 5.73 Å². The van der Waals surface area contributed by atoms with Gasteiger partial charge in [0.2, 0.25) is 5.91 Å². The molecule has 1 aromatic rings. The van der Waals surface area contributed by atoms with Crippen LogP contribution in [0.25, 0.3) is 0 Å². The van der Waals surface area contributed by atoms with Gasteiger partial charge in [0.15, 0.2) is 0 Å². The second-order valence-corrected chi connectivity index (χ2v) is 4.54. The van der Waals surface area contributed by atoms with Gasteiger partial charge in [0, 0.05) is 25.6 Å². The number of nitrogens with two attached hydrogens (primary N) is 1. The molecule has 0 aromatic heterocycles. The van der Waals surface area contributed by atoms with Crippen molar-refractivity contribution in [3.05, 3.63) is 35.9 Å². The number of rotatable bonds is 9. The first-order chi connectivity index (χ1) is 9.24. The highest BCUT2D eigenvalue weighted by molar-refractivity contribution is 5.85. The smallest absolute Gasteiger partial charge is 0.221 e. The molecule has 0 aliphatic carbocycles. The summed E-state index contributed by atoms with van der Waals surface area (Å²) in [6.07, 6.45) is 2.49. The number of halogens is 1. The van der Waals surface area contributed by atoms with Gasteiger partial charge in [-0.15, -0.1) is 12.4 Å². The number of amides is 1. The van der Waals surface area contributed by atoms with Crippen molar-refractivity contribution in [2.45, 2.75) is 32.2 Å². The summed E-state index contributed by atoms with van der Waals surface area (Å²) in [4.78, 5) is 11.7. The van der Waals surface area contributed by atoms with Crippen LogP contribution >= 0.6 is 12.4 Å². The van der Waals surface area contributed by atoms with Gasteiger partial charge >= 0.3 is 0 Å². The highest BCUT2D eigenvalue weighted by Crippen LogP contribution is 2.12. The molecule has 1 amide bonds. The second kappa shape index (κ2) is 11.7. The fraction of sp³-hybridized carbons (Fsp3) is 0.533.